The Bertz CT molecular complexity index is 593. The van der Waals surface area contributed by atoms with Crippen LogP contribution in [0.3, 0.4) is 0 Å². The van der Waals surface area contributed by atoms with Crippen molar-refractivity contribution in [2.45, 2.75) is 13.0 Å². The summed E-state index contributed by atoms with van der Waals surface area (Å²) in [7, 11) is 3.10. The van der Waals surface area contributed by atoms with Gasteiger partial charge >= 0.3 is 0 Å². The van der Waals surface area contributed by atoms with Crippen LogP contribution in [-0.2, 0) is 0 Å². The molecule has 0 spiro atoms. The lowest BCUT2D eigenvalue weighted by Crippen LogP contribution is -2.02. The first-order valence-corrected chi connectivity index (χ1v) is 6.60. The molecule has 0 amide bonds. The summed E-state index contributed by atoms with van der Waals surface area (Å²) in [4.78, 5) is 0. The Morgan fingerprint density at radius 2 is 1.55 bits per heavy atom. The Kier molecular flexibility index (Phi) is 4.53. The third kappa shape index (κ3) is 2.89. The average Bonchev–Trinajstić information content (AvgIpc) is 2.47. The van der Waals surface area contributed by atoms with Gasteiger partial charge in [0.25, 0.3) is 0 Å². The maximum Gasteiger partial charge on any atom is 0.162 e. The van der Waals surface area contributed by atoms with Crippen molar-refractivity contribution in [2.24, 2.45) is 0 Å². The quantitative estimate of drug-likeness (QED) is 0.933. The summed E-state index contributed by atoms with van der Waals surface area (Å²) in [6, 6.07) is 11.0. The van der Waals surface area contributed by atoms with Crippen LogP contribution in [0.4, 0.5) is 0 Å². The maximum atomic E-state index is 10.5. The summed E-state index contributed by atoms with van der Waals surface area (Å²) in [5.41, 5.74) is 2.51. The molecule has 0 radical (unpaired) electrons. The number of hydrogen-bond acceptors (Lipinski definition) is 3. The molecule has 3 nitrogen and oxygen atoms in total. The minimum Gasteiger partial charge on any atom is -0.493 e. The first kappa shape index (κ1) is 14.7. The minimum absolute atomic E-state index is 0.440. The van der Waals surface area contributed by atoms with Gasteiger partial charge in [-0.2, -0.15) is 0 Å². The summed E-state index contributed by atoms with van der Waals surface area (Å²) in [5.74, 6) is 1.08. The van der Waals surface area contributed by atoms with E-state index in [1.54, 1.807) is 26.4 Å². The molecular formula is C16H17ClO3. The van der Waals surface area contributed by atoms with Gasteiger partial charge in [0.05, 0.1) is 19.2 Å². The Labute approximate surface area is 123 Å². The number of aryl methyl sites for hydroxylation is 1. The Morgan fingerprint density at radius 3 is 2.10 bits per heavy atom. The van der Waals surface area contributed by atoms with E-state index in [4.69, 9.17) is 21.1 Å². The van der Waals surface area contributed by atoms with E-state index in [1.165, 1.54) is 0 Å². The minimum atomic E-state index is -0.803. The zero-order valence-corrected chi connectivity index (χ0v) is 12.4. The molecular weight excluding hydrogens is 276 g/mol. The van der Waals surface area contributed by atoms with Crippen LogP contribution in [0.25, 0.3) is 0 Å². The number of hydrogen-bond donors (Lipinski definition) is 1. The van der Waals surface area contributed by atoms with Crippen molar-refractivity contribution in [1.82, 2.24) is 0 Å². The second-order valence-electron chi connectivity index (χ2n) is 4.54. The fraction of sp³-hybridized carbons (Fsp3) is 0.250. The van der Waals surface area contributed by atoms with E-state index in [9.17, 15) is 5.11 Å². The SMILES string of the molecule is COc1cc(Cl)c(C(O)c2ccc(C)cc2)cc1OC. The fourth-order valence-electron chi connectivity index (χ4n) is 2.01. The summed E-state index contributed by atoms with van der Waals surface area (Å²) in [6.07, 6.45) is -0.803. The molecule has 2 rings (SSSR count). The van der Waals surface area contributed by atoms with Crippen molar-refractivity contribution in [3.05, 3.63) is 58.1 Å². The van der Waals surface area contributed by atoms with Gasteiger partial charge in [0.15, 0.2) is 11.5 Å². The molecule has 0 bridgehead atoms. The van der Waals surface area contributed by atoms with Crippen molar-refractivity contribution in [3.63, 3.8) is 0 Å². The van der Waals surface area contributed by atoms with Crippen molar-refractivity contribution in [1.29, 1.82) is 0 Å². The van der Waals surface area contributed by atoms with Crippen LogP contribution < -0.4 is 9.47 Å². The van der Waals surface area contributed by atoms with E-state index >= 15 is 0 Å². The summed E-state index contributed by atoms with van der Waals surface area (Å²) in [5, 5.41) is 10.9. The van der Waals surface area contributed by atoms with Gasteiger partial charge in [0, 0.05) is 11.6 Å². The van der Waals surface area contributed by atoms with Crippen molar-refractivity contribution >= 4 is 11.6 Å². The van der Waals surface area contributed by atoms with Gasteiger partial charge in [0.2, 0.25) is 0 Å². The van der Waals surface area contributed by atoms with Crippen LogP contribution in [0.1, 0.15) is 22.8 Å². The van der Waals surface area contributed by atoms with Gasteiger partial charge in [-0.05, 0) is 18.6 Å². The lowest BCUT2D eigenvalue weighted by Gasteiger charge is -2.16. The average molecular weight is 293 g/mol. The molecule has 106 valence electrons. The topological polar surface area (TPSA) is 38.7 Å². The lowest BCUT2D eigenvalue weighted by molar-refractivity contribution is 0.219. The highest BCUT2D eigenvalue weighted by Crippen LogP contribution is 2.37. The molecule has 1 N–H and O–H groups in total. The Balaban J connectivity index is 2.43. The standard InChI is InChI=1S/C16H17ClO3/c1-10-4-6-11(7-5-10)16(18)12-8-14(19-2)15(20-3)9-13(12)17/h4-9,16,18H,1-3H3. The van der Waals surface area contributed by atoms with E-state index in [2.05, 4.69) is 0 Å². The van der Waals surface area contributed by atoms with Crippen LogP contribution in [-0.4, -0.2) is 19.3 Å². The van der Waals surface area contributed by atoms with Crippen LogP contribution in [0.2, 0.25) is 5.02 Å². The third-order valence-corrected chi connectivity index (χ3v) is 3.52. The lowest BCUT2D eigenvalue weighted by atomic mass is 10.00. The largest absolute Gasteiger partial charge is 0.493 e. The highest BCUT2D eigenvalue weighted by molar-refractivity contribution is 6.31. The highest BCUT2D eigenvalue weighted by Gasteiger charge is 2.17. The second kappa shape index (κ2) is 6.16. The molecule has 0 aliphatic carbocycles. The van der Waals surface area contributed by atoms with Crippen molar-refractivity contribution in [2.75, 3.05) is 14.2 Å². The van der Waals surface area contributed by atoms with Gasteiger partial charge < -0.3 is 14.6 Å². The van der Waals surface area contributed by atoms with Gasteiger partial charge in [-0.15, -0.1) is 0 Å². The molecule has 0 aromatic heterocycles. The molecule has 0 fully saturated rings. The van der Waals surface area contributed by atoms with Crippen LogP contribution in [0.5, 0.6) is 11.5 Å². The molecule has 20 heavy (non-hydrogen) atoms. The molecule has 0 aliphatic heterocycles. The van der Waals surface area contributed by atoms with Crippen LogP contribution >= 0.6 is 11.6 Å². The van der Waals surface area contributed by atoms with E-state index in [0.29, 0.717) is 22.1 Å². The van der Waals surface area contributed by atoms with E-state index in [-0.39, 0.29) is 0 Å². The monoisotopic (exact) mass is 292 g/mol. The zero-order valence-electron chi connectivity index (χ0n) is 11.7. The number of aliphatic hydroxyl groups is 1. The highest BCUT2D eigenvalue weighted by atomic mass is 35.5. The molecule has 0 aliphatic rings. The van der Waals surface area contributed by atoms with Crippen molar-refractivity contribution < 1.29 is 14.6 Å². The normalized spacial score (nSPS) is 12.1. The van der Waals surface area contributed by atoms with Crippen LogP contribution in [0, 0.1) is 6.92 Å². The molecule has 0 saturated carbocycles. The number of ether oxygens (including phenoxy) is 2. The smallest absolute Gasteiger partial charge is 0.162 e. The summed E-state index contributed by atoms with van der Waals surface area (Å²) < 4.78 is 10.4. The molecule has 0 saturated heterocycles. The summed E-state index contributed by atoms with van der Waals surface area (Å²) in [6.45, 7) is 2.00. The van der Waals surface area contributed by atoms with Crippen molar-refractivity contribution in [3.8, 4) is 11.5 Å². The number of aliphatic hydroxyl groups excluding tert-OH is 1. The van der Waals surface area contributed by atoms with Gasteiger partial charge in [-0.1, -0.05) is 41.4 Å². The van der Waals surface area contributed by atoms with Gasteiger partial charge in [0.1, 0.15) is 6.10 Å². The first-order chi connectivity index (χ1) is 9.56. The number of halogens is 1. The van der Waals surface area contributed by atoms with Gasteiger partial charge in [-0.25, -0.2) is 0 Å². The van der Waals surface area contributed by atoms with E-state index in [1.807, 2.05) is 31.2 Å². The predicted octanol–water partition coefficient (Wildman–Crippen LogP) is 3.75. The zero-order chi connectivity index (χ0) is 14.7. The summed E-state index contributed by atoms with van der Waals surface area (Å²) >= 11 is 6.22. The molecule has 1 unspecified atom stereocenters. The Morgan fingerprint density at radius 1 is 1.00 bits per heavy atom. The molecule has 0 heterocycles. The predicted molar refractivity (Wildman–Crippen MR) is 79.8 cm³/mol. The number of benzene rings is 2. The molecule has 4 heteroatoms. The number of methoxy groups -OCH3 is 2. The molecule has 1 atom stereocenters. The second-order valence-corrected chi connectivity index (χ2v) is 4.95. The van der Waals surface area contributed by atoms with Gasteiger partial charge in [-0.3, -0.25) is 0 Å². The maximum absolute atomic E-state index is 10.5. The Hall–Kier alpha value is -1.71. The molecule has 2 aromatic rings. The first-order valence-electron chi connectivity index (χ1n) is 6.23. The third-order valence-electron chi connectivity index (χ3n) is 3.19. The van der Waals surface area contributed by atoms with E-state index < -0.39 is 6.10 Å². The number of rotatable bonds is 4. The molecule has 2 aromatic carbocycles. The van der Waals surface area contributed by atoms with Crippen LogP contribution in [0.15, 0.2) is 36.4 Å². The van der Waals surface area contributed by atoms with E-state index in [0.717, 1.165) is 11.1 Å². The fourth-order valence-corrected chi connectivity index (χ4v) is 2.26.